The van der Waals surface area contributed by atoms with E-state index in [1.165, 1.54) is 51.9 Å². The molecule has 0 bridgehead atoms. The molecule has 0 spiro atoms. The first kappa shape index (κ1) is 27.0. The topological polar surface area (TPSA) is 80.2 Å². The first-order valence-electron chi connectivity index (χ1n) is 12.7. The third-order valence-electron chi connectivity index (χ3n) is 6.84. The second kappa shape index (κ2) is 12.4. The molecule has 0 amide bonds. The summed E-state index contributed by atoms with van der Waals surface area (Å²) in [5.74, 6) is 0.597. The Morgan fingerprint density at radius 2 is 1.26 bits per heavy atom. The van der Waals surface area contributed by atoms with Crippen molar-refractivity contribution in [1.29, 1.82) is 0 Å². The molecule has 0 aliphatic rings. The summed E-state index contributed by atoms with van der Waals surface area (Å²) in [4.78, 5) is 9.05. The molecule has 0 saturated heterocycles. The lowest BCUT2D eigenvalue weighted by Gasteiger charge is -2.27. The van der Waals surface area contributed by atoms with E-state index in [0.29, 0.717) is 17.0 Å². The van der Waals surface area contributed by atoms with Gasteiger partial charge in [-0.15, -0.1) is 0 Å². The molecule has 1 atom stereocenters. The Labute approximate surface area is 210 Å². The monoisotopic (exact) mass is 494 g/mol. The maximum Gasteiger partial charge on any atom is 0.278 e. The molecule has 2 aromatic carbocycles. The van der Waals surface area contributed by atoms with Gasteiger partial charge in [0.2, 0.25) is 0 Å². The van der Waals surface area contributed by atoms with E-state index in [1.807, 2.05) is 31.5 Å². The number of aromatic nitrogens is 2. The summed E-state index contributed by atoms with van der Waals surface area (Å²) in [5, 5.41) is 0. The van der Waals surface area contributed by atoms with Crippen LogP contribution in [0.25, 0.3) is 11.4 Å². The van der Waals surface area contributed by atoms with Crippen molar-refractivity contribution in [3.8, 4) is 11.4 Å². The van der Waals surface area contributed by atoms with Crippen LogP contribution in [-0.4, -0.2) is 22.9 Å². The van der Waals surface area contributed by atoms with Crippen molar-refractivity contribution in [2.45, 2.75) is 83.3 Å². The molecule has 1 N–H and O–H groups in total. The van der Waals surface area contributed by atoms with Crippen LogP contribution in [0.15, 0.2) is 60.9 Å². The molecular formula is C29H38N2O3S. The van der Waals surface area contributed by atoms with Gasteiger partial charge in [0, 0.05) is 18.0 Å². The molecule has 0 radical (unpaired) electrons. The van der Waals surface area contributed by atoms with Crippen molar-refractivity contribution < 1.29 is 13.0 Å². The van der Waals surface area contributed by atoms with Crippen LogP contribution >= 0.6 is 0 Å². The van der Waals surface area contributed by atoms with Crippen molar-refractivity contribution in [1.82, 2.24) is 9.97 Å². The summed E-state index contributed by atoms with van der Waals surface area (Å²) in [6.45, 7) is 5.71. The highest BCUT2D eigenvalue weighted by Crippen LogP contribution is 2.37. The first-order valence-corrected chi connectivity index (χ1v) is 14.2. The fourth-order valence-corrected chi connectivity index (χ4v) is 5.24. The van der Waals surface area contributed by atoms with Crippen LogP contribution in [-0.2, 0) is 21.3 Å². The molecule has 1 aromatic heterocycles. The highest BCUT2D eigenvalue weighted by atomic mass is 32.2. The minimum atomic E-state index is -4.42. The molecule has 35 heavy (non-hydrogen) atoms. The molecule has 1 heterocycles. The number of nitrogens with zero attached hydrogens (tertiary/aromatic N) is 2. The Morgan fingerprint density at radius 1 is 0.771 bits per heavy atom. The fraction of sp³-hybridized carbons (Fsp3) is 0.448. The van der Waals surface area contributed by atoms with Gasteiger partial charge in [-0.1, -0.05) is 106 Å². The van der Waals surface area contributed by atoms with Crippen LogP contribution < -0.4 is 0 Å². The largest absolute Gasteiger partial charge is 0.285 e. The molecule has 0 saturated carbocycles. The number of hydrogen-bond donors (Lipinski definition) is 1. The van der Waals surface area contributed by atoms with E-state index in [0.717, 1.165) is 29.5 Å². The standard InChI is InChI=1S/C29H38N2O3S/c1-4-5-6-7-8-9-10-11-12-24-21-30-28(31-22-24)25-15-19-27(20-16-25)29(3,35(32,33)34)26-17-13-23(2)14-18-26/h13-22H,4-12H2,1-3H3,(H,32,33,34). The van der Waals surface area contributed by atoms with Crippen LogP contribution in [0.5, 0.6) is 0 Å². The van der Waals surface area contributed by atoms with E-state index in [9.17, 15) is 13.0 Å². The van der Waals surface area contributed by atoms with E-state index in [4.69, 9.17) is 0 Å². The Kier molecular flexibility index (Phi) is 9.58. The Bertz CT molecular complexity index is 1160. The van der Waals surface area contributed by atoms with Gasteiger partial charge in [0.15, 0.2) is 5.82 Å². The molecule has 3 aromatic rings. The number of hydrogen-bond acceptors (Lipinski definition) is 4. The van der Waals surface area contributed by atoms with Gasteiger partial charge in [0.1, 0.15) is 4.75 Å². The molecule has 3 rings (SSSR count). The van der Waals surface area contributed by atoms with Gasteiger partial charge in [-0.2, -0.15) is 8.42 Å². The zero-order valence-corrected chi connectivity index (χ0v) is 22.0. The van der Waals surface area contributed by atoms with Gasteiger partial charge >= 0.3 is 0 Å². The summed E-state index contributed by atoms with van der Waals surface area (Å²) in [6.07, 6.45) is 15.1. The molecule has 0 aliphatic heterocycles. The maximum atomic E-state index is 12.4. The first-order chi connectivity index (χ1) is 16.8. The summed E-state index contributed by atoms with van der Waals surface area (Å²) in [7, 11) is -4.42. The lowest BCUT2D eigenvalue weighted by molar-refractivity contribution is 0.453. The van der Waals surface area contributed by atoms with Gasteiger partial charge in [-0.3, -0.25) is 4.55 Å². The van der Waals surface area contributed by atoms with Crippen LogP contribution in [0.4, 0.5) is 0 Å². The quantitative estimate of drug-likeness (QED) is 0.199. The Balaban J connectivity index is 1.64. The number of benzene rings is 2. The third kappa shape index (κ3) is 6.98. The van der Waals surface area contributed by atoms with Gasteiger partial charge in [-0.25, -0.2) is 9.97 Å². The lowest BCUT2D eigenvalue weighted by atomic mass is 9.91. The fourth-order valence-electron chi connectivity index (χ4n) is 4.37. The highest BCUT2D eigenvalue weighted by molar-refractivity contribution is 7.87. The Morgan fingerprint density at radius 3 is 1.77 bits per heavy atom. The zero-order valence-electron chi connectivity index (χ0n) is 21.2. The maximum absolute atomic E-state index is 12.4. The van der Waals surface area contributed by atoms with Crippen molar-refractivity contribution in [2.24, 2.45) is 0 Å². The molecule has 1 unspecified atom stereocenters. The summed E-state index contributed by atoms with van der Waals surface area (Å²) in [6, 6.07) is 14.2. The molecule has 0 aliphatic carbocycles. The van der Waals surface area contributed by atoms with Crippen LogP contribution in [0, 0.1) is 6.92 Å². The van der Waals surface area contributed by atoms with Crippen LogP contribution in [0.2, 0.25) is 0 Å². The van der Waals surface area contributed by atoms with Gasteiger partial charge in [0.25, 0.3) is 10.1 Å². The molecule has 5 nitrogen and oxygen atoms in total. The summed E-state index contributed by atoms with van der Waals surface area (Å²) >= 11 is 0. The minimum absolute atomic E-state index is 0.485. The van der Waals surface area contributed by atoms with E-state index >= 15 is 0 Å². The predicted molar refractivity (Wildman–Crippen MR) is 143 cm³/mol. The van der Waals surface area contributed by atoms with E-state index < -0.39 is 14.9 Å². The highest BCUT2D eigenvalue weighted by Gasteiger charge is 2.41. The lowest BCUT2D eigenvalue weighted by Crippen LogP contribution is -2.33. The number of unbranched alkanes of at least 4 members (excludes halogenated alkanes) is 7. The third-order valence-corrected chi connectivity index (χ3v) is 8.34. The predicted octanol–water partition coefficient (Wildman–Crippen LogP) is 7.29. The smallest absolute Gasteiger partial charge is 0.278 e. The van der Waals surface area contributed by atoms with Crippen molar-refractivity contribution in [3.63, 3.8) is 0 Å². The molecule has 6 heteroatoms. The van der Waals surface area contributed by atoms with Gasteiger partial charge < -0.3 is 0 Å². The van der Waals surface area contributed by atoms with Crippen molar-refractivity contribution in [3.05, 3.63) is 83.2 Å². The van der Waals surface area contributed by atoms with Crippen molar-refractivity contribution >= 4 is 10.1 Å². The number of rotatable bonds is 13. The second-order valence-corrected chi connectivity index (χ2v) is 11.4. The zero-order chi connectivity index (χ0) is 25.3. The van der Waals surface area contributed by atoms with Gasteiger partial charge in [-0.05, 0) is 43.4 Å². The van der Waals surface area contributed by atoms with Crippen LogP contribution in [0.3, 0.4) is 0 Å². The second-order valence-electron chi connectivity index (χ2n) is 9.59. The van der Waals surface area contributed by atoms with E-state index in [2.05, 4.69) is 16.9 Å². The van der Waals surface area contributed by atoms with Gasteiger partial charge in [0.05, 0.1) is 0 Å². The Hall–Kier alpha value is -2.57. The van der Waals surface area contributed by atoms with E-state index in [1.54, 1.807) is 36.4 Å². The number of aryl methyl sites for hydroxylation is 2. The van der Waals surface area contributed by atoms with Crippen molar-refractivity contribution in [2.75, 3.05) is 0 Å². The summed E-state index contributed by atoms with van der Waals surface area (Å²) < 4.78 is 33.5. The average Bonchev–Trinajstić information content (AvgIpc) is 2.85. The van der Waals surface area contributed by atoms with E-state index in [-0.39, 0.29) is 0 Å². The molecular weight excluding hydrogens is 456 g/mol. The van der Waals surface area contributed by atoms with Crippen LogP contribution in [0.1, 0.15) is 87.5 Å². The molecule has 188 valence electrons. The minimum Gasteiger partial charge on any atom is -0.285 e. The average molecular weight is 495 g/mol. The SMILES string of the molecule is CCCCCCCCCCc1cnc(-c2ccc(C(C)(c3ccc(C)cc3)S(=O)(=O)O)cc2)nc1. The summed E-state index contributed by atoms with van der Waals surface area (Å²) in [5.41, 5.74) is 3.95. The molecule has 0 fully saturated rings. The normalized spacial score (nSPS) is 13.5.